The van der Waals surface area contributed by atoms with Gasteiger partial charge in [0.1, 0.15) is 5.75 Å². The maximum atomic E-state index is 11.9. The van der Waals surface area contributed by atoms with Crippen LogP contribution in [0.3, 0.4) is 0 Å². The van der Waals surface area contributed by atoms with Crippen LogP contribution in [-0.4, -0.2) is 17.6 Å². The lowest BCUT2D eigenvalue weighted by atomic mass is 10.1. The lowest BCUT2D eigenvalue weighted by molar-refractivity contribution is -0.120. The molecular weight excluding hydrogens is 284 g/mol. The molecule has 0 unspecified atom stereocenters. The molecule has 2 rings (SSSR count). The Morgan fingerprint density at radius 2 is 2.14 bits per heavy atom. The van der Waals surface area contributed by atoms with Gasteiger partial charge in [-0.25, -0.2) is 0 Å². The normalized spacial score (nSPS) is 9.76. The molecule has 0 aliphatic rings. The number of nitrogens with one attached hydrogen (secondary N) is 1. The number of hydrogen-bond donors (Lipinski definition) is 3. The lowest BCUT2D eigenvalue weighted by Crippen LogP contribution is -2.24. The van der Waals surface area contributed by atoms with Crippen molar-refractivity contribution in [1.29, 1.82) is 0 Å². The van der Waals surface area contributed by atoms with Crippen molar-refractivity contribution in [1.82, 2.24) is 5.32 Å². The number of carbonyl (C=O) groups excluding carboxylic acids is 1. The van der Waals surface area contributed by atoms with Gasteiger partial charge in [-0.05, 0) is 17.5 Å². The van der Waals surface area contributed by atoms with Crippen LogP contribution >= 0.6 is 11.3 Å². The van der Waals surface area contributed by atoms with Gasteiger partial charge >= 0.3 is 0 Å². The summed E-state index contributed by atoms with van der Waals surface area (Å²) in [6.45, 7) is 0.744. The number of phenolic OH excluding ortho intramolecular Hbond substituents is 1. The molecule has 2 aromatic rings. The largest absolute Gasteiger partial charge is 0.508 e. The first-order valence-corrected chi connectivity index (χ1v) is 7.37. The standard InChI is InChI=1S/C16H16N2O2S/c17-8-3-5-12-7-9-21-15(12)11-18-16(20)10-13-4-1-2-6-14(13)19/h1-2,4,6-7,9,19H,8,10-11,17H2,(H,18,20). The summed E-state index contributed by atoms with van der Waals surface area (Å²) >= 11 is 1.54. The third-order valence-electron chi connectivity index (χ3n) is 2.86. The minimum atomic E-state index is -0.136. The van der Waals surface area contributed by atoms with E-state index in [-0.39, 0.29) is 18.1 Å². The molecule has 21 heavy (non-hydrogen) atoms. The number of para-hydroxylation sites is 1. The molecule has 0 saturated carbocycles. The number of carbonyl (C=O) groups is 1. The van der Waals surface area contributed by atoms with Gasteiger partial charge in [-0.15, -0.1) is 11.3 Å². The predicted octanol–water partition coefficient (Wildman–Crippen LogP) is 1.62. The zero-order valence-corrected chi connectivity index (χ0v) is 12.2. The zero-order valence-electron chi connectivity index (χ0n) is 11.4. The lowest BCUT2D eigenvalue weighted by Gasteiger charge is -2.06. The van der Waals surface area contributed by atoms with E-state index >= 15 is 0 Å². The van der Waals surface area contributed by atoms with E-state index in [9.17, 15) is 9.90 Å². The summed E-state index contributed by atoms with van der Waals surface area (Å²) in [6, 6.07) is 8.74. The number of hydrogen-bond acceptors (Lipinski definition) is 4. The van der Waals surface area contributed by atoms with Gasteiger partial charge < -0.3 is 16.2 Å². The fourth-order valence-electron chi connectivity index (χ4n) is 1.81. The molecule has 1 aromatic carbocycles. The van der Waals surface area contributed by atoms with E-state index in [1.807, 2.05) is 11.4 Å². The molecule has 0 aliphatic heterocycles. The minimum absolute atomic E-state index is 0.136. The molecule has 0 atom stereocenters. The predicted molar refractivity (Wildman–Crippen MR) is 83.9 cm³/mol. The Morgan fingerprint density at radius 1 is 1.33 bits per heavy atom. The Bertz CT molecular complexity index is 683. The van der Waals surface area contributed by atoms with Gasteiger partial charge in [-0.3, -0.25) is 4.79 Å². The van der Waals surface area contributed by atoms with Crippen LogP contribution in [-0.2, 0) is 17.8 Å². The van der Waals surface area contributed by atoms with Gasteiger partial charge in [-0.1, -0.05) is 30.0 Å². The van der Waals surface area contributed by atoms with Gasteiger partial charge in [-0.2, -0.15) is 0 Å². The van der Waals surface area contributed by atoms with Crippen molar-refractivity contribution in [2.75, 3.05) is 6.54 Å². The molecule has 0 bridgehead atoms. The van der Waals surface area contributed by atoms with Crippen molar-refractivity contribution in [3.63, 3.8) is 0 Å². The molecule has 0 spiro atoms. The summed E-state index contributed by atoms with van der Waals surface area (Å²) < 4.78 is 0. The average Bonchev–Trinajstić information content (AvgIpc) is 2.93. The second-order valence-corrected chi connectivity index (χ2v) is 5.35. The van der Waals surface area contributed by atoms with Crippen LogP contribution in [0.2, 0.25) is 0 Å². The Hall–Kier alpha value is -2.29. The number of rotatable bonds is 4. The Balaban J connectivity index is 1.93. The second kappa shape index (κ2) is 7.48. The van der Waals surface area contributed by atoms with E-state index in [1.54, 1.807) is 35.6 Å². The third-order valence-corrected chi connectivity index (χ3v) is 3.78. The van der Waals surface area contributed by atoms with Crippen LogP contribution in [0.25, 0.3) is 0 Å². The summed E-state index contributed by atoms with van der Waals surface area (Å²) in [6.07, 6.45) is 0.155. The van der Waals surface area contributed by atoms with Crippen LogP contribution in [0, 0.1) is 11.8 Å². The fraction of sp³-hybridized carbons (Fsp3) is 0.188. The van der Waals surface area contributed by atoms with E-state index in [4.69, 9.17) is 5.73 Å². The summed E-state index contributed by atoms with van der Waals surface area (Å²) in [4.78, 5) is 12.9. The van der Waals surface area contributed by atoms with Crippen molar-refractivity contribution in [2.45, 2.75) is 13.0 Å². The molecule has 5 heteroatoms. The SMILES string of the molecule is NCC#Cc1ccsc1CNC(=O)Cc1ccccc1O. The van der Waals surface area contributed by atoms with Crippen LogP contribution in [0.15, 0.2) is 35.7 Å². The molecule has 4 nitrogen and oxygen atoms in total. The van der Waals surface area contributed by atoms with Crippen LogP contribution < -0.4 is 11.1 Å². The van der Waals surface area contributed by atoms with Gasteiger partial charge in [0.25, 0.3) is 0 Å². The number of phenols is 1. The van der Waals surface area contributed by atoms with Crippen molar-refractivity contribution >= 4 is 17.2 Å². The van der Waals surface area contributed by atoms with E-state index in [0.29, 0.717) is 18.7 Å². The maximum Gasteiger partial charge on any atom is 0.224 e. The smallest absolute Gasteiger partial charge is 0.224 e. The van der Waals surface area contributed by atoms with Crippen molar-refractivity contribution in [3.05, 3.63) is 51.7 Å². The van der Waals surface area contributed by atoms with Crippen LogP contribution in [0.4, 0.5) is 0 Å². The Kier molecular flexibility index (Phi) is 5.38. The first kappa shape index (κ1) is 15.1. The third kappa shape index (κ3) is 4.35. The zero-order chi connectivity index (χ0) is 15.1. The second-order valence-electron chi connectivity index (χ2n) is 4.35. The molecular formula is C16H16N2O2S. The minimum Gasteiger partial charge on any atom is -0.508 e. The molecule has 0 radical (unpaired) electrons. The number of thiophene rings is 1. The van der Waals surface area contributed by atoms with Crippen molar-refractivity contribution < 1.29 is 9.90 Å². The summed E-state index contributed by atoms with van der Waals surface area (Å²) in [5.74, 6) is 5.79. The summed E-state index contributed by atoms with van der Waals surface area (Å²) in [7, 11) is 0. The highest BCUT2D eigenvalue weighted by atomic mass is 32.1. The average molecular weight is 300 g/mol. The number of aromatic hydroxyl groups is 1. The summed E-state index contributed by atoms with van der Waals surface area (Å²) in [5, 5.41) is 14.4. The molecule has 1 amide bonds. The van der Waals surface area contributed by atoms with E-state index < -0.39 is 0 Å². The van der Waals surface area contributed by atoms with E-state index in [2.05, 4.69) is 17.2 Å². The first-order chi connectivity index (χ1) is 10.2. The first-order valence-electron chi connectivity index (χ1n) is 6.49. The van der Waals surface area contributed by atoms with Crippen LogP contribution in [0.5, 0.6) is 5.75 Å². The van der Waals surface area contributed by atoms with Crippen molar-refractivity contribution in [2.24, 2.45) is 5.73 Å². The monoisotopic (exact) mass is 300 g/mol. The molecule has 4 N–H and O–H groups in total. The summed E-state index contributed by atoms with van der Waals surface area (Å²) in [5.41, 5.74) is 6.87. The van der Waals surface area contributed by atoms with E-state index in [0.717, 1.165) is 10.4 Å². The number of nitrogens with two attached hydrogens (primary N) is 1. The Morgan fingerprint density at radius 3 is 2.90 bits per heavy atom. The van der Waals surface area contributed by atoms with Gasteiger partial charge in [0.15, 0.2) is 0 Å². The topological polar surface area (TPSA) is 75.3 Å². The number of benzene rings is 1. The quantitative estimate of drug-likeness (QED) is 0.751. The molecule has 1 heterocycles. The number of amides is 1. The van der Waals surface area contributed by atoms with Gasteiger partial charge in [0.2, 0.25) is 5.91 Å². The van der Waals surface area contributed by atoms with Gasteiger partial charge in [0.05, 0.1) is 19.5 Å². The highest BCUT2D eigenvalue weighted by Crippen LogP contribution is 2.17. The molecule has 0 aliphatic carbocycles. The highest BCUT2D eigenvalue weighted by molar-refractivity contribution is 7.10. The molecule has 0 saturated heterocycles. The Labute approximate surface area is 127 Å². The molecule has 0 fully saturated rings. The van der Waals surface area contributed by atoms with Gasteiger partial charge in [0, 0.05) is 16.0 Å². The molecule has 108 valence electrons. The molecule has 1 aromatic heterocycles. The van der Waals surface area contributed by atoms with E-state index in [1.165, 1.54) is 0 Å². The van der Waals surface area contributed by atoms with Crippen molar-refractivity contribution in [3.8, 4) is 17.6 Å². The fourth-order valence-corrected chi connectivity index (χ4v) is 2.58. The maximum absolute atomic E-state index is 11.9. The van der Waals surface area contributed by atoms with Crippen LogP contribution in [0.1, 0.15) is 16.0 Å². The highest BCUT2D eigenvalue weighted by Gasteiger charge is 2.08.